The summed E-state index contributed by atoms with van der Waals surface area (Å²) in [5.41, 5.74) is 1.27. The van der Waals surface area contributed by atoms with Crippen LogP contribution in [0.1, 0.15) is 65.7 Å². The average molecular weight is 480 g/mol. The zero-order valence-corrected chi connectivity index (χ0v) is 19.2. The molecule has 2 aromatic rings. The Balaban J connectivity index is 1.97. The van der Waals surface area contributed by atoms with Crippen molar-refractivity contribution in [3.8, 4) is 5.75 Å². The van der Waals surface area contributed by atoms with Gasteiger partial charge in [-0.05, 0) is 67.2 Å². The number of amides is 1. The second-order valence-corrected chi connectivity index (χ2v) is 7.49. The summed E-state index contributed by atoms with van der Waals surface area (Å²) in [5, 5.41) is 2.57. The van der Waals surface area contributed by atoms with Crippen LogP contribution in [0.3, 0.4) is 0 Å². The number of hydrogen-bond acceptors (Lipinski definition) is 6. The van der Waals surface area contributed by atoms with E-state index in [9.17, 15) is 14.4 Å². The molecule has 1 aromatic heterocycles. The highest BCUT2D eigenvalue weighted by molar-refractivity contribution is 9.10. The molecular weight excluding hydrogens is 454 g/mol. The lowest BCUT2D eigenvalue weighted by atomic mass is 10.1. The summed E-state index contributed by atoms with van der Waals surface area (Å²) in [6.45, 7) is 7.11. The van der Waals surface area contributed by atoms with Crippen molar-refractivity contribution in [2.75, 3.05) is 18.5 Å². The van der Waals surface area contributed by atoms with Crippen molar-refractivity contribution in [1.29, 1.82) is 0 Å². The summed E-state index contributed by atoms with van der Waals surface area (Å²) < 4.78 is 17.1. The second-order valence-electron chi connectivity index (χ2n) is 6.63. The van der Waals surface area contributed by atoms with E-state index in [1.54, 1.807) is 13.8 Å². The van der Waals surface area contributed by atoms with E-state index in [2.05, 4.69) is 28.2 Å². The molecule has 0 atom stereocenters. The first kappa shape index (κ1) is 23.7. The Kier molecular flexibility index (Phi) is 8.65. The highest BCUT2D eigenvalue weighted by atomic mass is 79.9. The van der Waals surface area contributed by atoms with E-state index in [4.69, 9.17) is 13.9 Å². The molecule has 1 aromatic carbocycles. The molecule has 162 valence electrons. The minimum absolute atomic E-state index is 0.0496. The topological polar surface area (TPSA) is 94.8 Å². The molecule has 1 N–H and O–H groups in total. The van der Waals surface area contributed by atoms with Gasteiger partial charge in [-0.2, -0.15) is 0 Å². The van der Waals surface area contributed by atoms with Crippen LogP contribution in [0.2, 0.25) is 0 Å². The first-order valence-corrected chi connectivity index (χ1v) is 10.6. The predicted molar refractivity (Wildman–Crippen MR) is 116 cm³/mol. The first-order valence-electron chi connectivity index (χ1n) is 9.80. The minimum atomic E-state index is -0.710. The van der Waals surface area contributed by atoms with Gasteiger partial charge in [-0.1, -0.05) is 13.0 Å². The number of hydrogen-bond donors (Lipinski definition) is 1. The van der Waals surface area contributed by atoms with Crippen LogP contribution in [0.4, 0.5) is 5.88 Å². The maximum Gasteiger partial charge on any atom is 0.344 e. The molecule has 0 bridgehead atoms. The third kappa shape index (κ3) is 5.95. The summed E-state index contributed by atoms with van der Waals surface area (Å²) in [6.07, 6.45) is 1.55. The Hall–Kier alpha value is -2.61. The highest BCUT2D eigenvalue weighted by Crippen LogP contribution is 2.29. The Morgan fingerprint density at radius 2 is 1.90 bits per heavy atom. The fourth-order valence-corrected chi connectivity index (χ4v) is 3.48. The van der Waals surface area contributed by atoms with Gasteiger partial charge in [0.25, 0.3) is 0 Å². The van der Waals surface area contributed by atoms with E-state index in [0.717, 1.165) is 10.9 Å². The molecular formula is C22H26BrNO6. The van der Waals surface area contributed by atoms with Crippen molar-refractivity contribution in [3.05, 3.63) is 45.1 Å². The summed E-state index contributed by atoms with van der Waals surface area (Å²) >= 11 is 3.48. The molecule has 0 aliphatic carbocycles. The van der Waals surface area contributed by atoms with Crippen molar-refractivity contribution >= 4 is 39.5 Å². The molecule has 8 heteroatoms. The SMILES string of the molecule is CCOC(=O)c1c(NC(=O)CCCOc2ccc(CC)cc2Br)oc(C)c1C(C)=O. The lowest BCUT2D eigenvalue weighted by Gasteiger charge is -2.09. The largest absolute Gasteiger partial charge is 0.492 e. The molecule has 7 nitrogen and oxygen atoms in total. The van der Waals surface area contributed by atoms with Crippen LogP contribution in [0.5, 0.6) is 5.75 Å². The van der Waals surface area contributed by atoms with E-state index >= 15 is 0 Å². The van der Waals surface area contributed by atoms with Crippen LogP contribution < -0.4 is 10.1 Å². The van der Waals surface area contributed by atoms with E-state index in [0.29, 0.717) is 18.8 Å². The highest BCUT2D eigenvalue weighted by Gasteiger charge is 2.28. The zero-order valence-electron chi connectivity index (χ0n) is 17.6. The first-order chi connectivity index (χ1) is 14.3. The standard InChI is InChI=1S/C22H26BrNO6/c1-5-15-9-10-17(16(23)12-15)29-11-7-8-18(26)24-21-20(22(27)28-6-2)19(13(3)25)14(4)30-21/h9-10,12H,5-8,11H2,1-4H3,(H,24,26). The van der Waals surface area contributed by atoms with Gasteiger partial charge < -0.3 is 13.9 Å². The normalized spacial score (nSPS) is 10.6. The smallest absolute Gasteiger partial charge is 0.344 e. The Morgan fingerprint density at radius 1 is 1.17 bits per heavy atom. The number of rotatable bonds is 10. The van der Waals surface area contributed by atoms with E-state index in [1.165, 1.54) is 12.5 Å². The number of ketones is 1. The van der Waals surface area contributed by atoms with Gasteiger partial charge in [-0.3, -0.25) is 14.9 Å². The molecule has 1 heterocycles. The molecule has 0 spiro atoms. The van der Waals surface area contributed by atoms with Crippen molar-refractivity contribution in [1.82, 2.24) is 0 Å². The maximum atomic E-state index is 12.3. The number of carbonyl (C=O) groups excluding carboxylic acids is 3. The van der Waals surface area contributed by atoms with Crippen molar-refractivity contribution in [2.24, 2.45) is 0 Å². The van der Waals surface area contributed by atoms with Crippen molar-refractivity contribution < 1.29 is 28.3 Å². The average Bonchev–Trinajstić information content (AvgIpc) is 3.02. The number of benzene rings is 1. The number of carbonyl (C=O) groups is 3. The van der Waals surface area contributed by atoms with E-state index < -0.39 is 5.97 Å². The number of halogens is 1. The van der Waals surface area contributed by atoms with Gasteiger partial charge in [-0.15, -0.1) is 0 Å². The van der Waals surface area contributed by atoms with Crippen molar-refractivity contribution in [2.45, 2.75) is 47.0 Å². The fraction of sp³-hybridized carbons (Fsp3) is 0.409. The van der Waals surface area contributed by atoms with Crippen LogP contribution in [0.15, 0.2) is 27.1 Å². The number of aryl methyl sites for hydroxylation is 2. The van der Waals surface area contributed by atoms with Crippen LogP contribution >= 0.6 is 15.9 Å². The Bertz CT molecular complexity index is 934. The molecule has 1 amide bonds. The molecule has 0 saturated heterocycles. The van der Waals surface area contributed by atoms with Gasteiger partial charge in [0, 0.05) is 6.42 Å². The maximum absolute atomic E-state index is 12.3. The fourth-order valence-electron chi connectivity index (χ4n) is 2.94. The van der Waals surface area contributed by atoms with Crippen LogP contribution in [0.25, 0.3) is 0 Å². The summed E-state index contributed by atoms with van der Waals surface area (Å²) in [6, 6.07) is 5.89. The summed E-state index contributed by atoms with van der Waals surface area (Å²) in [7, 11) is 0. The lowest BCUT2D eigenvalue weighted by Crippen LogP contribution is -2.16. The van der Waals surface area contributed by atoms with Gasteiger partial charge in [0.05, 0.1) is 23.2 Å². The molecule has 30 heavy (non-hydrogen) atoms. The number of esters is 1. The molecule has 2 rings (SSSR count). The lowest BCUT2D eigenvalue weighted by molar-refractivity contribution is -0.116. The molecule has 0 saturated carbocycles. The van der Waals surface area contributed by atoms with Crippen LogP contribution in [-0.4, -0.2) is 30.9 Å². The predicted octanol–water partition coefficient (Wildman–Crippen LogP) is 5.09. The van der Waals surface area contributed by atoms with E-state index in [1.807, 2.05) is 18.2 Å². The van der Waals surface area contributed by atoms with Gasteiger partial charge in [0.1, 0.15) is 17.1 Å². The molecule has 0 aliphatic heterocycles. The zero-order chi connectivity index (χ0) is 22.3. The number of nitrogens with one attached hydrogen (secondary N) is 1. The molecule has 0 radical (unpaired) electrons. The summed E-state index contributed by atoms with van der Waals surface area (Å²) in [5.74, 6) is -0.505. The second kappa shape index (κ2) is 11.0. The molecule has 0 aliphatic rings. The van der Waals surface area contributed by atoms with Gasteiger partial charge >= 0.3 is 5.97 Å². The monoisotopic (exact) mass is 479 g/mol. The molecule has 0 unspecified atom stereocenters. The van der Waals surface area contributed by atoms with Crippen molar-refractivity contribution in [3.63, 3.8) is 0 Å². The van der Waals surface area contributed by atoms with Crippen LogP contribution in [0, 0.1) is 6.92 Å². The number of anilines is 1. The minimum Gasteiger partial charge on any atom is -0.492 e. The third-order valence-corrected chi connectivity index (χ3v) is 5.00. The van der Waals surface area contributed by atoms with Gasteiger partial charge in [0.2, 0.25) is 11.8 Å². The van der Waals surface area contributed by atoms with Gasteiger partial charge in [0.15, 0.2) is 5.78 Å². The van der Waals surface area contributed by atoms with E-state index in [-0.39, 0.29) is 47.5 Å². The number of furan rings is 1. The summed E-state index contributed by atoms with van der Waals surface area (Å²) in [4.78, 5) is 36.5. The van der Waals surface area contributed by atoms with Crippen LogP contribution in [-0.2, 0) is 16.0 Å². The van der Waals surface area contributed by atoms with Gasteiger partial charge in [-0.25, -0.2) is 4.79 Å². The number of ether oxygens (including phenoxy) is 2. The third-order valence-electron chi connectivity index (χ3n) is 4.38. The Labute approximate surface area is 184 Å². The quantitative estimate of drug-likeness (QED) is 0.289. The number of Topliss-reactive ketones (excluding diaryl/α,β-unsaturated/α-hetero) is 1. The molecule has 0 fully saturated rings. The Morgan fingerprint density at radius 3 is 2.50 bits per heavy atom.